The van der Waals surface area contributed by atoms with E-state index in [9.17, 15) is 9.59 Å². The molecular weight excluding hydrogens is 394 g/mol. The van der Waals surface area contributed by atoms with E-state index >= 15 is 0 Å². The molecule has 2 amide bonds. The summed E-state index contributed by atoms with van der Waals surface area (Å²) in [6, 6.07) is 15.8. The van der Waals surface area contributed by atoms with Crippen LogP contribution >= 0.6 is 11.3 Å². The molecule has 6 heteroatoms. The van der Waals surface area contributed by atoms with Crippen molar-refractivity contribution >= 4 is 28.8 Å². The summed E-state index contributed by atoms with van der Waals surface area (Å²) in [5.74, 6) is 0.0615. The van der Waals surface area contributed by atoms with Gasteiger partial charge in [-0.15, -0.1) is 0 Å². The van der Waals surface area contributed by atoms with Crippen molar-refractivity contribution in [3.8, 4) is 0 Å². The molecule has 4 heterocycles. The van der Waals surface area contributed by atoms with Gasteiger partial charge in [0.25, 0.3) is 5.91 Å². The van der Waals surface area contributed by atoms with Crippen LogP contribution in [-0.4, -0.2) is 41.3 Å². The molecule has 0 radical (unpaired) electrons. The number of benzene rings is 1. The summed E-state index contributed by atoms with van der Waals surface area (Å²) < 4.78 is 0. The standard InChI is InChI=1S/C24H23N3O2S/c1-17-7-8-19(13-25-17)22(28)26-14-21(18-5-3-2-4-6-18)24(16-26)10-11-27(23(24)29)20-9-12-30-15-20/h2-9,12-13,15,21H,10-11,14,16H2,1H3/t21-,24+/m0/s1. The van der Waals surface area contributed by atoms with Gasteiger partial charge in [-0.05, 0) is 42.5 Å². The zero-order valence-electron chi connectivity index (χ0n) is 16.8. The molecule has 2 aliphatic heterocycles. The second-order valence-electron chi connectivity index (χ2n) is 8.18. The van der Waals surface area contributed by atoms with Crippen LogP contribution in [0, 0.1) is 12.3 Å². The predicted molar refractivity (Wildman–Crippen MR) is 118 cm³/mol. The van der Waals surface area contributed by atoms with E-state index in [0.29, 0.717) is 25.2 Å². The van der Waals surface area contributed by atoms with Crippen LogP contribution in [-0.2, 0) is 4.79 Å². The third-order valence-electron chi connectivity index (χ3n) is 6.46. The molecule has 0 bridgehead atoms. The smallest absolute Gasteiger partial charge is 0.255 e. The average Bonchev–Trinajstić information content (AvgIpc) is 3.50. The fourth-order valence-electron chi connectivity index (χ4n) is 4.87. The van der Waals surface area contributed by atoms with Crippen molar-refractivity contribution in [1.29, 1.82) is 0 Å². The molecule has 2 aromatic heterocycles. The number of hydrogen-bond donors (Lipinski definition) is 0. The van der Waals surface area contributed by atoms with E-state index in [1.54, 1.807) is 17.5 Å². The molecule has 0 aliphatic carbocycles. The lowest BCUT2D eigenvalue weighted by Gasteiger charge is -2.28. The number of carbonyl (C=O) groups excluding carboxylic acids is 2. The number of nitrogens with zero attached hydrogens (tertiary/aromatic N) is 3. The molecule has 0 unspecified atom stereocenters. The number of pyridine rings is 1. The maximum atomic E-state index is 13.7. The summed E-state index contributed by atoms with van der Waals surface area (Å²) in [4.78, 5) is 35.0. The molecule has 30 heavy (non-hydrogen) atoms. The van der Waals surface area contributed by atoms with E-state index in [-0.39, 0.29) is 17.7 Å². The van der Waals surface area contributed by atoms with Crippen molar-refractivity contribution in [2.75, 3.05) is 24.5 Å². The minimum Gasteiger partial charge on any atom is -0.337 e. The van der Waals surface area contributed by atoms with Crippen LogP contribution in [0.1, 0.15) is 34.0 Å². The highest BCUT2D eigenvalue weighted by atomic mass is 32.1. The Labute approximate surface area is 180 Å². The van der Waals surface area contributed by atoms with E-state index in [1.165, 1.54) is 0 Å². The summed E-state index contributed by atoms with van der Waals surface area (Å²) >= 11 is 1.60. The van der Waals surface area contributed by atoms with E-state index < -0.39 is 5.41 Å². The Morgan fingerprint density at radius 3 is 2.70 bits per heavy atom. The lowest BCUT2D eigenvalue weighted by Crippen LogP contribution is -2.40. The fraction of sp³-hybridized carbons (Fsp3) is 0.292. The van der Waals surface area contributed by atoms with Crippen molar-refractivity contribution in [1.82, 2.24) is 9.88 Å². The number of hydrogen-bond acceptors (Lipinski definition) is 4. The number of likely N-dealkylation sites (tertiary alicyclic amines) is 1. The summed E-state index contributed by atoms with van der Waals surface area (Å²) in [5, 5.41) is 4.02. The Morgan fingerprint density at radius 1 is 1.17 bits per heavy atom. The largest absolute Gasteiger partial charge is 0.337 e. The maximum Gasteiger partial charge on any atom is 0.255 e. The van der Waals surface area contributed by atoms with Crippen molar-refractivity contribution < 1.29 is 9.59 Å². The quantitative estimate of drug-likeness (QED) is 0.644. The van der Waals surface area contributed by atoms with Crippen molar-refractivity contribution in [3.63, 3.8) is 0 Å². The van der Waals surface area contributed by atoms with Gasteiger partial charge in [0, 0.05) is 42.8 Å². The number of thiophene rings is 1. The Kier molecular flexibility index (Phi) is 4.66. The van der Waals surface area contributed by atoms with Crippen LogP contribution in [0.3, 0.4) is 0 Å². The lowest BCUT2D eigenvalue weighted by molar-refractivity contribution is -0.125. The molecule has 5 nitrogen and oxygen atoms in total. The van der Waals surface area contributed by atoms with E-state index in [4.69, 9.17) is 0 Å². The highest BCUT2D eigenvalue weighted by Crippen LogP contribution is 2.51. The summed E-state index contributed by atoms with van der Waals surface area (Å²) in [6.45, 7) is 3.58. The number of carbonyl (C=O) groups is 2. The molecule has 0 N–H and O–H groups in total. The number of amides is 2. The molecule has 2 atom stereocenters. The SMILES string of the molecule is Cc1ccc(C(=O)N2C[C@@H](c3ccccc3)[C@@]3(CCN(c4ccsc4)C3=O)C2)cn1. The Balaban J connectivity index is 1.51. The lowest BCUT2D eigenvalue weighted by atomic mass is 9.73. The van der Waals surface area contributed by atoms with Crippen molar-refractivity contribution in [2.45, 2.75) is 19.3 Å². The van der Waals surface area contributed by atoms with E-state index in [2.05, 4.69) is 17.1 Å². The summed E-state index contributed by atoms with van der Waals surface area (Å²) in [6.07, 6.45) is 2.38. The first kappa shape index (κ1) is 19.0. The zero-order valence-corrected chi connectivity index (χ0v) is 17.6. The van der Waals surface area contributed by atoms with Gasteiger partial charge in [0.1, 0.15) is 0 Å². The van der Waals surface area contributed by atoms with Gasteiger partial charge in [0.15, 0.2) is 0 Å². The van der Waals surface area contributed by atoms with Crippen LogP contribution in [0.5, 0.6) is 0 Å². The molecule has 2 aliphatic rings. The minimum atomic E-state index is -0.586. The van der Waals surface area contributed by atoms with Gasteiger partial charge in [0.05, 0.1) is 16.7 Å². The molecule has 2 saturated heterocycles. The predicted octanol–water partition coefficient (Wildman–Crippen LogP) is 4.11. The third-order valence-corrected chi connectivity index (χ3v) is 7.13. The second-order valence-corrected chi connectivity index (χ2v) is 8.96. The summed E-state index contributed by atoms with van der Waals surface area (Å²) in [7, 11) is 0. The number of rotatable bonds is 3. The van der Waals surface area contributed by atoms with Crippen LogP contribution in [0.4, 0.5) is 5.69 Å². The van der Waals surface area contributed by atoms with E-state index in [0.717, 1.165) is 23.4 Å². The molecule has 3 aromatic rings. The highest BCUT2D eigenvalue weighted by Gasteiger charge is 2.58. The van der Waals surface area contributed by atoms with Crippen LogP contribution in [0.2, 0.25) is 0 Å². The second kappa shape index (κ2) is 7.36. The summed E-state index contributed by atoms with van der Waals surface area (Å²) in [5.41, 5.74) is 2.95. The van der Waals surface area contributed by atoms with Crippen LogP contribution in [0.25, 0.3) is 0 Å². The van der Waals surface area contributed by atoms with Crippen LogP contribution < -0.4 is 4.90 Å². The van der Waals surface area contributed by atoms with Gasteiger partial charge < -0.3 is 9.80 Å². The van der Waals surface area contributed by atoms with Gasteiger partial charge >= 0.3 is 0 Å². The Hall–Kier alpha value is -2.99. The first-order chi connectivity index (χ1) is 14.6. The molecule has 5 rings (SSSR count). The maximum absolute atomic E-state index is 13.7. The van der Waals surface area contributed by atoms with Crippen molar-refractivity contribution in [3.05, 3.63) is 82.3 Å². The highest BCUT2D eigenvalue weighted by molar-refractivity contribution is 7.08. The topological polar surface area (TPSA) is 53.5 Å². The van der Waals surface area contributed by atoms with E-state index in [1.807, 2.05) is 63.9 Å². The first-order valence-electron chi connectivity index (χ1n) is 10.2. The molecule has 1 aromatic carbocycles. The van der Waals surface area contributed by atoms with Crippen LogP contribution in [0.15, 0.2) is 65.5 Å². The molecule has 0 saturated carbocycles. The minimum absolute atomic E-state index is 0.0165. The van der Waals surface area contributed by atoms with Gasteiger partial charge in [-0.3, -0.25) is 14.6 Å². The van der Waals surface area contributed by atoms with Gasteiger partial charge in [-0.25, -0.2) is 0 Å². The zero-order chi connectivity index (χ0) is 20.7. The van der Waals surface area contributed by atoms with Crippen molar-refractivity contribution in [2.24, 2.45) is 5.41 Å². The average molecular weight is 418 g/mol. The first-order valence-corrected chi connectivity index (χ1v) is 11.1. The molecule has 152 valence electrons. The number of aromatic nitrogens is 1. The van der Waals surface area contributed by atoms with Gasteiger partial charge in [-0.2, -0.15) is 11.3 Å². The molecule has 2 fully saturated rings. The third kappa shape index (κ3) is 3.03. The fourth-order valence-corrected chi connectivity index (χ4v) is 5.51. The Bertz CT molecular complexity index is 1070. The molecule has 1 spiro atoms. The number of aryl methyl sites for hydroxylation is 1. The Morgan fingerprint density at radius 2 is 2.00 bits per heavy atom. The monoisotopic (exact) mass is 417 g/mol. The van der Waals surface area contributed by atoms with Gasteiger partial charge in [-0.1, -0.05) is 30.3 Å². The normalized spacial score (nSPS) is 23.5. The van der Waals surface area contributed by atoms with Gasteiger partial charge in [0.2, 0.25) is 5.91 Å². The molecular formula is C24H23N3O2S. The number of anilines is 1.